The van der Waals surface area contributed by atoms with Crippen molar-refractivity contribution in [2.75, 3.05) is 6.61 Å². The van der Waals surface area contributed by atoms with Gasteiger partial charge >= 0.3 is 12.1 Å². The molecule has 0 N–H and O–H groups in total. The number of carbonyl (C=O) groups excluding carboxylic acids is 3. The topological polar surface area (TPSA) is 60.4 Å². The zero-order valence-electron chi connectivity index (χ0n) is 8.54. The number of carbonyl (C=O) groups is 3. The number of ether oxygens (including phenoxy) is 1. The summed E-state index contributed by atoms with van der Waals surface area (Å²) in [6.07, 6.45) is -6.86. The zero-order chi connectivity index (χ0) is 12.8. The van der Waals surface area contributed by atoms with Crippen LogP contribution in [0.15, 0.2) is 0 Å². The number of rotatable bonds is 6. The Hall–Kier alpha value is -1.40. The molecule has 7 heteroatoms. The van der Waals surface area contributed by atoms with Gasteiger partial charge < -0.3 is 4.74 Å². The molecular formula is C9H11F3O4. The van der Waals surface area contributed by atoms with Crippen LogP contribution >= 0.6 is 0 Å². The summed E-state index contributed by atoms with van der Waals surface area (Å²) >= 11 is 0. The molecule has 0 rings (SSSR count). The van der Waals surface area contributed by atoms with Crippen LogP contribution in [0.25, 0.3) is 0 Å². The zero-order valence-corrected chi connectivity index (χ0v) is 8.54. The average molecular weight is 240 g/mol. The highest BCUT2D eigenvalue weighted by Gasteiger charge is 2.42. The van der Waals surface area contributed by atoms with Crippen molar-refractivity contribution in [3.8, 4) is 0 Å². The van der Waals surface area contributed by atoms with Gasteiger partial charge in [0.15, 0.2) is 12.1 Å². The molecule has 0 saturated heterocycles. The molecule has 92 valence electrons. The molecule has 1 unspecified atom stereocenters. The first-order chi connectivity index (χ1) is 7.31. The summed E-state index contributed by atoms with van der Waals surface area (Å²) in [4.78, 5) is 31.4. The SMILES string of the molecule is CCOC(=O)CC(CC(=O)C=O)C(F)(F)F. The summed E-state index contributed by atoms with van der Waals surface area (Å²) in [6.45, 7) is 1.42. The largest absolute Gasteiger partial charge is 0.466 e. The number of hydrogen-bond donors (Lipinski definition) is 0. The van der Waals surface area contributed by atoms with Crippen LogP contribution in [-0.2, 0) is 19.1 Å². The summed E-state index contributed by atoms with van der Waals surface area (Å²) in [6, 6.07) is 0. The minimum atomic E-state index is -4.70. The highest BCUT2D eigenvalue weighted by Crippen LogP contribution is 2.31. The number of esters is 1. The van der Waals surface area contributed by atoms with Gasteiger partial charge in [-0.25, -0.2) is 0 Å². The first-order valence-electron chi connectivity index (χ1n) is 4.51. The maximum atomic E-state index is 12.3. The second-order valence-corrected chi connectivity index (χ2v) is 3.04. The molecule has 0 aromatic heterocycles. The predicted molar refractivity (Wildman–Crippen MR) is 46.5 cm³/mol. The van der Waals surface area contributed by atoms with E-state index in [0.717, 1.165) is 0 Å². The molecule has 0 aliphatic heterocycles. The summed E-state index contributed by atoms with van der Waals surface area (Å²) < 4.78 is 41.4. The van der Waals surface area contributed by atoms with E-state index in [4.69, 9.17) is 0 Å². The van der Waals surface area contributed by atoms with Gasteiger partial charge in [0, 0.05) is 6.42 Å². The third kappa shape index (κ3) is 5.47. The molecule has 0 amide bonds. The summed E-state index contributed by atoms with van der Waals surface area (Å²) in [5.41, 5.74) is 0. The number of hydrogen-bond acceptors (Lipinski definition) is 4. The normalized spacial score (nSPS) is 13.0. The second kappa shape index (κ2) is 6.24. The van der Waals surface area contributed by atoms with Gasteiger partial charge in [-0.1, -0.05) is 0 Å². The molecule has 1 atom stereocenters. The third-order valence-corrected chi connectivity index (χ3v) is 1.76. The van der Waals surface area contributed by atoms with Crippen LogP contribution in [0.2, 0.25) is 0 Å². The van der Waals surface area contributed by atoms with Crippen molar-refractivity contribution in [1.82, 2.24) is 0 Å². The van der Waals surface area contributed by atoms with E-state index in [1.807, 2.05) is 0 Å². The van der Waals surface area contributed by atoms with Crippen molar-refractivity contribution in [2.24, 2.45) is 5.92 Å². The molecule has 0 aliphatic rings. The molecular weight excluding hydrogens is 229 g/mol. The fourth-order valence-electron chi connectivity index (χ4n) is 1.02. The molecule has 0 aromatic rings. The predicted octanol–water partition coefficient (Wildman–Crippen LogP) is 1.28. The lowest BCUT2D eigenvalue weighted by Crippen LogP contribution is -2.29. The van der Waals surface area contributed by atoms with Crippen LogP contribution in [-0.4, -0.2) is 30.8 Å². The summed E-state index contributed by atoms with van der Waals surface area (Å²) in [5.74, 6) is -4.39. The van der Waals surface area contributed by atoms with Gasteiger partial charge in [0.2, 0.25) is 0 Å². The maximum Gasteiger partial charge on any atom is 0.392 e. The highest BCUT2D eigenvalue weighted by atomic mass is 19.4. The van der Waals surface area contributed by atoms with Crippen LogP contribution in [0, 0.1) is 5.92 Å². The third-order valence-electron chi connectivity index (χ3n) is 1.76. The van der Waals surface area contributed by atoms with Crippen molar-refractivity contribution in [3.05, 3.63) is 0 Å². The molecule has 16 heavy (non-hydrogen) atoms. The van der Waals surface area contributed by atoms with Crippen molar-refractivity contribution in [1.29, 1.82) is 0 Å². The molecule has 0 aromatic carbocycles. The Bertz CT molecular complexity index is 272. The fourth-order valence-corrected chi connectivity index (χ4v) is 1.02. The molecule has 0 aliphatic carbocycles. The van der Waals surface area contributed by atoms with E-state index in [1.54, 1.807) is 0 Å². The van der Waals surface area contributed by atoms with Crippen LogP contribution in [0.1, 0.15) is 19.8 Å². The van der Waals surface area contributed by atoms with Crippen LogP contribution in [0.3, 0.4) is 0 Å². The van der Waals surface area contributed by atoms with Crippen molar-refractivity contribution in [2.45, 2.75) is 25.9 Å². The van der Waals surface area contributed by atoms with E-state index in [2.05, 4.69) is 4.74 Å². The van der Waals surface area contributed by atoms with Gasteiger partial charge in [-0.3, -0.25) is 14.4 Å². The van der Waals surface area contributed by atoms with E-state index >= 15 is 0 Å². The smallest absolute Gasteiger partial charge is 0.392 e. The number of Topliss-reactive ketones (excluding diaryl/α,β-unsaturated/α-hetero) is 1. The number of aldehydes is 1. The molecule has 0 bridgehead atoms. The summed E-state index contributed by atoms with van der Waals surface area (Å²) in [7, 11) is 0. The Morgan fingerprint density at radius 3 is 2.25 bits per heavy atom. The fraction of sp³-hybridized carbons (Fsp3) is 0.667. The van der Waals surface area contributed by atoms with Gasteiger partial charge in [0.1, 0.15) is 0 Å². The Morgan fingerprint density at radius 2 is 1.88 bits per heavy atom. The molecule has 4 nitrogen and oxygen atoms in total. The number of ketones is 1. The van der Waals surface area contributed by atoms with Crippen LogP contribution in [0.5, 0.6) is 0 Å². The van der Waals surface area contributed by atoms with E-state index in [9.17, 15) is 27.6 Å². The van der Waals surface area contributed by atoms with Crippen molar-refractivity contribution in [3.63, 3.8) is 0 Å². The maximum absolute atomic E-state index is 12.3. The van der Waals surface area contributed by atoms with E-state index in [0.29, 0.717) is 0 Å². The standard InChI is InChI=1S/C9H11F3O4/c1-2-16-8(15)4-6(9(10,11)12)3-7(14)5-13/h5-6H,2-4H2,1H3. The molecule has 0 heterocycles. The molecule has 0 radical (unpaired) electrons. The first-order valence-corrected chi connectivity index (χ1v) is 4.51. The quantitative estimate of drug-likeness (QED) is 0.398. The van der Waals surface area contributed by atoms with Crippen molar-refractivity contribution >= 4 is 18.0 Å². The number of halogens is 3. The number of alkyl halides is 3. The second-order valence-electron chi connectivity index (χ2n) is 3.04. The van der Waals surface area contributed by atoms with Crippen molar-refractivity contribution < 1.29 is 32.3 Å². The van der Waals surface area contributed by atoms with Gasteiger partial charge in [0.05, 0.1) is 18.9 Å². The highest BCUT2D eigenvalue weighted by molar-refractivity contribution is 6.25. The Kier molecular flexibility index (Phi) is 5.69. The van der Waals surface area contributed by atoms with Gasteiger partial charge in [0.25, 0.3) is 0 Å². The average Bonchev–Trinajstić information content (AvgIpc) is 2.15. The first kappa shape index (κ1) is 14.6. The minimum absolute atomic E-state index is 0.0367. The molecule has 0 spiro atoms. The molecule has 0 saturated carbocycles. The van der Waals surface area contributed by atoms with E-state index in [1.165, 1.54) is 6.92 Å². The molecule has 0 fully saturated rings. The van der Waals surface area contributed by atoms with E-state index < -0.39 is 36.7 Å². The lowest BCUT2D eigenvalue weighted by atomic mass is 9.98. The summed E-state index contributed by atoms with van der Waals surface area (Å²) in [5, 5.41) is 0. The van der Waals surface area contributed by atoms with Gasteiger partial charge in [-0.15, -0.1) is 0 Å². The van der Waals surface area contributed by atoms with Crippen LogP contribution < -0.4 is 0 Å². The van der Waals surface area contributed by atoms with Gasteiger partial charge in [-0.2, -0.15) is 13.2 Å². The van der Waals surface area contributed by atoms with Crippen LogP contribution in [0.4, 0.5) is 13.2 Å². The minimum Gasteiger partial charge on any atom is -0.466 e. The lowest BCUT2D eigenvalue weighted by molar-refractivity contribution is -0.186. The van der Waals surface area contributed by atoms with E-state index in [-0.39, 0.29) is 12.9 Å². The Balaban J connectivity index is 4.50. The Morgan fingerprint density at radius 1 is 1.31 bits per heavy atom. The lowest BCUT2D eigenvalue weighted by Gasteiger charge is -2.17. The Labute approximate surface area is 89.8 Å². The monoisotopic (exact) mass is 240 g/mol. The van der Waals surface area contributed by atoms with Gasteiger partial charge in [-0.05, 0) is 6.92 Å².